The van der Waals surface area contributed by atoms with Crippen LogP contribution in [0.3, 0.4) is 0 Å². The molecule has 4 nitrogen and oxygen atoms in total. The fourth-order valence-electron chi connectivity index (χ4n) is 8.79. The molecule has 3 aliphatic rings. The fraction of sp³-hybridized carbons (Fsp3) is 0.103. The van der Waals surface area contributed by atoms with Crippen LogP contribution in [0.4, 0.5) is 5.69 Å². The molecule has 2 aliphatic carbocycles. The molecular formula is C39H24ClNO3. The monoisotopic (exact) mass is 589 g/mol. The maximum atomic E-state index is 15.8. The van der Waals surface area contributed by atoms with Gasteiger partial charge in [0.2, 0.25) is 11.8 Å². The summed E-state index contributed by atoms with van der Waals surface area (Å²) in [5.74, 6) is -2.69. The number of carbonyl (C=O) groups is 3. The van der Waals surface area contributed by atoms with Crippen molar-refractivity contribution in [1.29, 1.82) is 0 Å². The topological polar surface area (TPSA) is 54.5 Å². The highest BCUT2D eigenvalue weighted by atomic mass is 35.5. The molecule has 9 rings (SSSR count). The van der Waals surface area contributed by atoms with Crippen LogP contribution in [-0.4, -0.2) is 17.6 Å². The smallest absolute Gasteiger partial charge is 0.239 e. The van der Waals surface area contributed by atoms with E-state index in [0.29, 0.717) is 10.7 Å². The molecule has 0 unspecified atom stereocenters. The van der Waals surface area contributed by atoms with Gasteiger partial charge >= 0.3 is 0 Å². The molecule has 6 aromatic carbocycles. The molecule has 1 aliphatic heterocycles. The number of nitrogens with zero attached hydrogens (tertiary/aromatic N) is 1. The minimum absolute atomic E-state index is 0.105. The van der Waals surface area contributed by atoms with Crippen molar-refractivity contribution in [3.63, 3.8) is 0 Å². The quantitative estimate of drug-likeness (QED) is 0.158. The molecule has 2 bridgehead atoms. The molecule has 4 atom stereocenters. The van der Waals surface area contributed by atoms with Gasteiger partial charge in [-0.15, -0.1) is 0 Å². The van der Waals surface area contributed by atoms with E-state index >= 15 is 4.79 Å². The number of fused-ring (bicyclic) bond motifs is 13. The summed E-state index contributed by atoms with van der Waals surface area (Å²) in [6.07, 6.45) is 0. The summed E-state index contributed by atoms with van der Waals surface area (Å²) in [6, 6.07) is 42.3. The van der Waals surface area contributed by atoms with Gasteiger partial charge in [-0.05, 0) is 68.1 Å². The number of amides is 2. The molecule has 44 heavy (non-hydrogen) atoms. The Hall–Kier alpha value is -5.06. The summed E-state index contributed by atoms with van der Waals surface area (Å²) in [4.78, 5) is 46.9. The first-order chi connectivity index (χ1) is 21.5. The molecule has 1 saturated heterocycles. The Morgan fingerprint density at radius 1 is 0.477 bits per heavy atom. The normalized spacial score (nSPS) is 25.2. The van der Waals surface area contributed by atoms with Crippen LogP contribution in [0.25, 0.3) is 21.5 Å². The van der Waals surface area contributed by atoms with Crippen LogP contribution in [0.2, 0.25) is 5.02 Å². The third-order valence-corrected chi connectivity index (χ3v) is 10.5. The molecule has 0 radical (unpaired) electrons. The van der Waals surface area contributed by atoms with Gasteiger partial charge in [0.1, 0.15) is 0 Å². The van der Waals surface area contributed by atoms with Crippen LogP contribution in [-0.2, 0) is 25.2 Å². The zero-order chi connectivity index (χ0) is 29.8. The number of benzene rings is 6. The van der Waals surface area contributed by atoms with Gasteiger partial charge in [-0.2, -0.15) is 0 Å². The molecule has 1 saturated carbocycles. The van der Waals surface area contributed by atoms with Crippen molar-refractivity contribution in [2.45, 2.75) is 10.8 Å². The van der Waals surface area contributed by atoms with Crippen LogP contribution in [0, 0.1) is 11.8 Å². The molecule has 6 aromatic rings. The molecule has 0 aromatic heterocycles. The minimum Gasteiger partial charge on any atom is -0.297 e. The number of hydrogen-bond donors (Lipinski definition) is 0. The number of carbonyl (C=O) groups excluding carboxylic acids is 3. The highest BCUT2D eigenvalue weighted by Crippen LogP contribution is 2.72. The zero-order valence-electron chi connectivity index (χ0n) is 23.4. The summed E-state index contributed by atoms with van der Waals surface area (Å²) in [6.45, 7) is 0. The highest BCUT2D eigenvalue weighted by Gasteiger charge is 2.82. The Morgan fingerprint density at radius 3 is 1.30 bits per heavy atom. The third-order valence-electron chi connectivity index (χ3n) is 10.2. The van der Waals surface area contributed by atoms with Gasteiger partial charge in [-0.1, -0.05) is 121 Å². The van der Waals surface area contributed by atoms with E-state index < -0.39 is 22.7 Å². The lowest BCUT2D eigenvalue weighted by Gasteiger charge is -2.38. The maximum Gasteiger partial charge on any atom is 0.239 e. The lowest BCUT2D eigenvalue weighted by Crippen LogP contribution is -2.45. The van der Waals surface area contributed by atoms with Gasteiger partial charge in [0, 0.05) is 5.02 Å². The van der Waals surface area contributed by atoms with Crippen molar-refractivity contribution in [2.75, 3.05) is 4.90 Å². The number of imide groups is 1. The Kier molecular flexibility index (Phi) is 5.06. The molecule has 0 N–H and O–H groups in total. The minimum atomic E-state index is -1.38. The predicted octanol–water partition coefficient (Wildman–Crippen LogP) is 7.62. The lowest BCUT2D eigenvalue weighted by atomic mass is 9.59. The van der Waals surface area contributed by atoms with Crippen molar-refractivity contribution in [2.24, 2.45) is 11.8 Å². The van der Waals surface area contributed by atoms with Crippen LogP contribution in [0.15, 0.2) is 133 Å². The SMILES string of the molecule is O=C1[C@@H]2[C@H](C(=O)N1c1ccc(Cl)cc1)[C@@]1(c3ccccc3)C(=O)[C@]2(c2ccccc2)c2c1c1ccccc1c1ccccc21. The van der Waals surface area contributed by atoms with E-state index in [1.165, 1.54) is 4.90 Å². The highest BCUT2D eigenvalue weighted by molar-refractivity contribution is 6.34. The van der Waals surface area contributed by atoms with E-state index in [9.17, 15) is 9.59 Å². The first-order valence-corrected chi connectivity index (χ1v) is 15.1. The molecule has 2 amide bonds. The number of Topliss-reactive ketones (excluding diaryl/α,β-unsaturated/α-hetero) is 1. The second kappa shape index (κ2) is 8.75. The van der Waals surface area contributed by atoms with Gasteiger partial charge in [-0.3, -0.25) is 14.4 Å². The van der Waals surface area contributed by atoms with Crippen LogP contribution < -0.4 is 4.90 Å². The number of halogens is 1. The lowest BCUT2D eigenvalue weighted by molar-refractivity contribution is -0.130. The van der Waals surface area contributed by atoms with Crippen molar-refractivity contribution in [3.8, 4) is 0 Å². The van der Waals surface area contributed by atoms with Gasteiger partial charge in [0.25, 0.3) is 0 Å². The Labute approximate surface area is 258 Å². The van der Waals surface area contributed by atoms with Gasteiger partial charge in [0.15, 0.2) is 5.78 Å². The first kappa shape index (κ1) is 25.4. The Morgan fingerprint density at radius 2 is 0.864 bits per heavy atom. The van der Waals surface area contributed by atoms with E-state index in [0.717, 1.165) is 43.8 Å². The number of ketones is 1. The second-order valence-electron chi connectivity index (χ2n) is 12.0. The number of rotatable bonds is 3. The molecule has 210 valence electrons. The van der Waals surface area contributed by atoms with Gasteiger partial charge < -0.3 is 0 Å². The average molecular weight is 590 g/mol. The van der Waals surface area contributed by atoms with Crippen LogP contribution in [0.5, 0.6) is 0 Å². The zero-order valence-corrected chi connectivity index (χ0v) is 24.2. The van der Waals surface area contributed by atoms with Crippen LogP contribution in [0.1, 0.15) is 22.3 Å². The van der Waals surface area contributed by atoms with E-state index in [1.54, 1.807) is 24.3 Å². The number of anilines is 1. The van der Waals surface area contributed by atoms with E-state index in [-0.39, 0.29) is 17.6 Å². The maximum absolute atomic E-state index is 15.8. The molecule has 0 spiro atoms. The fourth-order valence-corrected chi connectivity index (χ4v) is 8.92. The summed E-state index contributed by atoms with van der Waals surface area (Å²) in [5.41, 5.74) is 0.839. The molecule has 2 fully saturated rings. The number of hydrogen-bond acceptors (Lipinski definition) is 3. The average Bonchev–Trinajstić information content (AvgIpc) is 3.58. The standard InChI is InChI=1S/C39H24ClNO3/c40-25-19-21-26(22-20-25)41-35(42)33-34(36(41)43)39(24-13-5-2-6-14-24)32-30-18-10-8-16-28(30)27-15-7-9-17-29(27)31(32)38(33,37(39)44)23-11-3-1-4-12-23/h1-22,33-34H/t33-,34+,38+,39-. The summed E-state index contributed by atoms with van der Waals surface area (Å²) in [7, 11) is 0. The van der Waals surface area contributed by atoms with Gasteiger partial charge in [0.05, 0.1) is 28.4 Å². The first-order valence-electron chi connectivity index (χ1n) is 14.8. The molecular weight excluding hydrogens is 566 g/mol. The summed E-state index contributed by atoms with van der Waals surface area (Å²) in [5, 5.41) is 4.40. The van der Waals surface area contributed by atoms with Crippen molar-refractivity contribution in [3.05, 3.63) is 161 Å². The van der Waals surface area contributed by atoms with E-state index in [4.69, 9.17) is 11.6 Å². The van der Waals surface area contributed by atoms with E-state index in [2.05, 4.69) is 24.3 Å². The largest absolute Gasteiger partial charge is 0.297 e. The summed E-state index contributed by atoms with van der Waals surface area (Å²) < 4.78 is 0. The van der Waals surface area contributed by atoms with Gasteiger partial charge in [-0.25, -0.2) is 4.90 Å². The Balaban J connectivity index is 1.51. The predicted molar refractivity (Wildman–Crippen MR) is 172 cm³/mol. The summed E-state index contributed by atoms with van der Waals surface area (Å²) >= 11 is 6.21. The molecule has 1 heterocycles. The van der Waals surface area contributed by atoms with Crippen molar-refractivity contribution in [1.82, 2.24) is 0 Å². The van der Waals surface area contributed by atoms with Crippen molar-refractivity contribution < 1.29 is 14.4 Å². The molecule has 5 heteroatoms. The van der Waals surface area contributed by atoms with E-state index in [1.807, 2.05) is 84.9 Å². The third kappa shape index (κ3) is 2.78. The Bertz CT molecular complexity index is 2080. The van der Waals surface area contributed by atoms with Crippen LogP contribution >= 0.6 is 11.6 Å². The second-order valence-corrected chi connectivity index (χ2v) is 12.4. The van der Waals surface area contributed by atoms with Crippen molar-refractivity contribution >= 4 is 56.4 Å².